The minimum absolute atomic E-state index is 0.311. The lowest BCUT2D eigenvalue weighted by Crippen LogP contribution is -2.08. The van der Waals surface area contributed by atoms with E-state index < -0.39 is 0 Å². The molecule has 0 unspecified atom stereocenters. The standard InChI is InChI=1S/C17H19NO2/c1-4-6-7-13-8-9-16-14(10-13)11-15(12(3)18-16)17(19)20-5-2/h6-11H,4-5H2,1-3H3/b7-6+. The highest BCUT2D eigenvalue weighted by atomic mass is 16.5. The molecule has 0 radical (unpaired) electrons. The summed E-state index contributed by atoms with van der Waals surface area (Å²) in [5.74, 6) is -0.311. The second-order valence-corrected chi connectivity index (χ2v) is 4.60. The molecule has 0 atom stereocenters. The van der Waals surface area contributed by atoms with Crippen molar-refractivity contribution < 1.29 is 9.53 Å². The number of fused-ring (bicyclic) bond motifs is 1. The molecule has 0 saturated carbocycles. The first-order valence-electron chi connectivity index (χ1n) is 6.90. The van der Waals surface area contributed by atoms with Crippen LogP contribution >= 0.6 is 0 Å². The first-order valence-corrected chi connectivity index (χ1v) is 6.90. The maximum absolute atomic E-state index is 11.9. The van der Waals surface area contributed by atoms with Crippen LogP contribution in [0.25, 0.3) is 17.0 Å². The van der Waals surface area contributed by atoms with Crippen LogP contribution in [0.1, 0.15) is 41.9 Å². The fourth-order valence-corrected chi connectivity index (χ4v) is 2.06. The molecular weight excluding hydrogens is 250 g/mol. The molecule has 20 heavy (non-hydrogen) atoms. The Morgan fingerprint density at radius 2 is 2.10 bits per heavy atom. The number of ether oxygens (including phenoxy) is 1. The van der Waals surface area contributed by atoms with Gasteiger partial charge >= 0.3 is 5.97 Å². The van der Waals surface area contributed by atoms with E-state index in [9.17, 15) is 4.79 Å². The fourth-order valence-electron chi connectivity index (χ4n) is 2.06. The maximum atomic E-state index is 11.9. The van der Waals surface area contributed by atoms with E-state index in [0.29, 0.717) is 17.9 Å². The number of pyridine rings is 1. The molecule has 1 aromatic heterocycles. The summed E-state index contributed by atoms with van der Waals surface area (Å²) in [4.78, 5) is 16.4. The lowest BCUT2D eigenvalue weighted by Gasteiger charge is -2.07. The highest BCUT2D eigenvalue weighted by Gasteiger charge is 2.12. The van der Waals surface area contributed by atoms with Crippen molar-refractivity contribution >= 4 is 22.9 Å². The molecule has 2 rings (SSSR count). The fraction of sp³-hybridized carbons (Fsp3) is 0.294. The van der Waals surface area contributed by atoms with Gasteiger partial charge in [-0.25, -0.2) is 4.79 Å². The largest absolute Gasteiger partial charge is 0.462 e. The number of nitrogens with zero attached hydrogens (tertiary/aromatic N) is 1. The molecule has 1 heterocycles. The van der Waals surface area contributed by atoms with Gasteiger partial charge < -0.3 is 4.74 Å². The third kappa shape index (κ3) is 3.05. The molecule has 0 amide bonds. The van der Waals surface area contributed by atoms with Gasteiger partial charge in [0.25, 0.3) is 0 Å². The number of hydrogen-bond acceptors (Lipinski definition) is 3. The van der Waals surface area contributed by atoms with Crippen LogP contribution in [-0.2, 0) is 4.74 Å². The van der Waals surface area contributed by atoms with E-state index in [4.69, 9.17) is 4.74 Å². The Hall–Kier alpha value is -2.16. The van der Waals surface area contributed by atoms with Crippen molar-refractivity contribution in [2.75, 3.05) is 6.61 Å². The van der Waals surface area contributed by atoms with Gasteiger partial charge in [0.05, 0.1) is 23.4 Å². The minimum atomic E-state index is -0.311. The third-order valence-corrected chi connectivity index (χ3v) is 3.07. The van der Waals surface area contributed by atoms with Crippen LogP contribution < -0.4 is 0 Å². The number of carbonyl (C=O) groups is 1. The molecule has 0 saturated heterocycles. The van der Waals surface area contributed by atoms with Crippen molar-refractivity contribution in [1.29, 1.82) is 0 Å². The molecule has 0 aliphatic carbocycles. The summed E-state index contributed by atoms with van der Waals surface area (Å²) in [7, 11) is 0. The normalized spacial score (nSPS) is 11.2. The van der Waals surface area contributed by atoms with E-state index >= 15 is 0 Å². The van der Waals surface area contributed by atoms with Crippen LogP contribution in [0.15, 0.2) is 30.3 Å². The van der Waals surface area contributed by atoms with Crippen molar-refractivity contribution in [3.8, 4) is 0 Å². The molecule has 0 bridgehead atoms. The zero-order valence-corrected chi connectivity index (χ0v) is 12.1. The van der Waals surface area contributed by atoms with Crippen LogP contribution in [0, 0.1) is 6.92 Å². The second-order valence-electron chi connectivity index (χ2n) is 4.60. The van der Waals surface area contributed by atoms with E-state index in [2.05, 4.69) is 24.1 Å². The summed E-state index contributed by atoms with van der Waals surface area (Å²) in [5, 5.41) is 0.955. The Bertz CT molecular complexity index is 659. The average molecular weight is 269 g/mol. The molecule has 3 nitrogen and oxygen atoms in total. The predicted octanol–water partition coefficient (Wildman–Crippen LogP) is 4.14. The summed E-state index contributed by atoms with van der Waals surface area (Å²) < 4.78 is 5.06. The Morgan fingerprint density at radius 3 is 2.80 bits per heavy atom. The second kappa shape index (κ2) is 6.33. The van der Waals surface area contributed by atoms with Gasteiger partial charge in [-0.05, 0) is 44.0 Å². The molecule has 3 heteroatoms. The molecular formula is C17H19NO2. The van der Waals surface area contributed by atoms with Crippen LogP contribution in [0.2, 0.25) is 0 Å². The predicted molar refractivity (Wildman–Crippen MR) is 81.8 cm³/mol. The molecule has 104 valence electrons. The minimum Gasteiger partial charge on any atom is -0.462 e. The highest BCUT2D eigenvalue weighted by molar-refractivity contribution is 5.95. The van der Waals surface area contributed by atoms with Gasteiger partial charge in [-0.3, -0.25) is 4.98 Å². The van der Waals surface area contributed by atoms with Gasteiger partial charge in [-0.1, -0.05) is 25.1 Å². The third-order valence-electron chi connectivity index (χ3n) is 3.07. The lowest BCUT2D eigenvalue weighted by atomic mass is 10.1. The average Bonchev–Trinajstić information content (AvgIpc) is 2.44. The van der Waals surface area contributed by atoms with E-state index in [1.165, 1.54) is 0 Å². The molecule has 1 aromatic carbocycles. The number of carbonyl (C=O) groups excluding carboxylic acids is 1. The summed E-state index contributed by atoms with van der Waals surface area (Å²) >= 11 is 0. The Labute approximate surface area is 119 Å². The molecule has 0 aliphatic heterocycles. The van der Waals surface area contributed by atoms with Gasteiger partial charge in [0.15, 0.2) is 0 Å². The SMILES string of the molecule is CC/C=C/c1ccc2nc(C)c(C(=O)OCC)cc2c1. The molecule has 0 fully saturated rings. The Morgan fingerprint density at radius 1 is 1.30 bits per heavy atom. The van der Waals surface area contributed by atoms with Gasteiger partial charge in [-0.2, -0.15) is 0 Å². The number of hydrogen-bond donors (Lipinski definition) is 0. The first kappa shape index (κ1) is 14.3. The molecule has 0 N–H and O–H groups in total. The van der Waals surface area contributed by atoms with E-state index in [-0.39, 0.29) is 5.97 Å². The van der Waals surface area contributed by atoms with E-state index in [0.717, 1.165) is 22.9 Å². The monoisotopic (exact) mass is 269 g/mol. The molecule has 2 aromatic rings. The lowest BCUT2D eigenvalue weighted by molar-refractivity contribution is 0.0525. The zero-order chi connectivity index (χ0) is 14.5. The van der Waals surface area contributed by atoms with Crippen molar-refractivity contribution in [2.45, 2.75) is 27.2 Å². The first-order chi connectivity index (χ1) is 9.65. The van der Waals surface area contributed by atoms with Gasteiger partial charge in [0.2, 0.25) is 0 Å². The van der Waals surface area contributed by atoms with Crippen LogP contribution in [0.5, 0.6) is 0 Å². The van der Waals surface area contributed by atoms with E-state index in [1.807, 2.05) is 31.2 Å². The zero-order valence-electron chi connectivity index (χ0n) is 12.1. The topological polar surface area (TPSA) is 39.2 Å². The number of aryl methyl sites for hydroxylation is 1. The van der Waals surface area contributed by atoms with Crippen LogP contribution in [-0.4, -0.2) is 17.6 Å². The highest BCUT2D eigenvalue weighted by Crippen LogP contribution is 2.19. The van der Waals surface area contributed by atoms with Crippen LogP contribution in [0.3, 0.4) is 0 Å². The number of benzene rings is 1. The van der Waals surface area contributed by atoms with Gasteiger partial charge in [0.1, 0.15) is 0 Å². The number of rotatable bonds is 4. The maximum Gasteiger partial charge on any atom is 0.339 e. The quantitative estimate of drug-likeness (QED) is 0.783. The summed E-state index contributed by atoms with van der Waals surface area (Å²) in [6, 6.07) is 7.91. The van der Waals surface area contributed by atoms with Gasteiger partial charge in [-0.15, -0.1) is 0 Å². The summed E-state index contributed by atoms with van der Waals surface area (Å²) in [6.45, 7) is 6.10. The van der Waals surface area contributed by atoms with E-state index in [1.54, 1.807) is 6.92 Å². The Kier molecular flexibility index (Phi) is 4.51. The summed E-state index contributed by atoms with van der Waals surface area (Å²) in [5.41, 5.74) is 3.24. The number of esters is 1. The Balaban J connectivity index is 2.48. The smallest absolute Gasteiger partial charge is 0.339 e. The van der Waals surface area contributed by atoms with Crippen molar-refractivity contribution in [3.63, 3.8) is 0 Å². The van der Waals surface area contributed by atoms with Crippen molar-refractivity contribution in [1.82, 2.24) is 4.98 Å². The number of aromatic nitrogens is 1. The molecule has 0 spiro atoms. The van der Waals surface area contributed by atoms with Gasteiger partial charge in [0, 0.05) is 5.39 Å². The van der Waals surface area contributed by atoms with Crippen LogP contribution in [0.4, 0.5) is 0 Å². The summed E-state index contributed by atoms with van der Waals surface area (Å²) in [6.07, 6.45) is 5.18. The molecule has 0 aliphatic rings. The van der Waals surface area contributed by atoms with Crippen molar-refractivity contribution in [2.24, 2.45) is 0 Å². The van der Waals surface area contributed by atoms with Crippen molar-refractivity contribution in [3.05, 3.63) is 47.2 Å². The number of allylic oxidation sites excluding steroid dienone is 1.